The first-order valence-corrected chi connectivity index (χ1v) is 5.04. The van der Waals surface area contributed by atoms with Gasteiger partial charge in [0.2, 0.25) is 0 Å². The summed E-state index contributed by atoms with van der Waals surface area (Å²) in [7, 11) is 1.37. The van der Waals surface area contributed by atoms with Crippen LogP contribution in [0.2, 0.25) is 0 Å². The Bertz CT molecular complexity index is 209. The molecule has 0 aliphatic carbocycles. The van der Waals surface area contributed by atoms with Crippen LogP contribution in [0.15, 0.2) is 0 Å². The van der Waals surface area contributed by atoms with E-state index in [2.05, 4.69) is 25.5 Å². The predicted octanol–water partition coefficient (Wildman–Crippen LogP) is 1.95. The van der Waals surface area contributed by atoms with Gasteiger partial charge in [-0.2, -0.15) is 0 Å². The lowest BCUT2D eigenvalue weighted by Crippen LogP contribution is -2.51. The van der Waals surface area contributed by atoms with Crippen LogP contribution in [0, 0.1) is 10.8 Å². The number of hydrogen-bond donors (Lipinski definition) is 1. The third-order valence-corrected chi connectivity index (χ3v) is 3.86. The minimum Gasteiger partial charge on any atom is -0.468 e. The maximum Gasteiger partial charge on any atom is 0.323 e. The zero-order valence-electron chi connectivity index (χ0n) is 10.2. The molecule has 0 saturated heterocycles. The highest BCUT2D eigenvalue weighted by Gasteiger charge is 2.43. The van der Waals surface area contributed by atoms with Gasteiger partial charge in [-0.25, -0.2) is 0 Å². The van der Waals surface area contributed by atoms with Crippen LogP contribution in [0.25, 0.3) is 0 Å². The van der Waals surface area contributed by atoms with E-state index in [-0.39, 0.29) is 16.8 Å². The summed E-state index contributed by atoms with van der Waals surface area (Å²) in [5.41, 5.74) is 5.64. The zero-order chi connectivity index (χ0) is 11.6. The lowest BCUT2D eigenvalue weighted by molar-refractivity contribution is -0.147. The van der Waals surface area contributed by atoms with E-state index in [1.807, 2.05) is 13.8 Å². The second kappa shape index (κ2) is 4.30. The molecule has 0 aromatic heterocycles. The normalized spacial score (nSPS) is 15.1. The summed E-state index contributed by atoms with van der Waals surface area (Å²) < 4.78 is 4.67. The predicted molar refractivity (Wildman–Crippen MR) is 57.8 cm³/mol. The number of ether oxygens (including phenoxy) is 1. The standard InChI is InChI=1S/C11H23NO2/c1-7-10(2,3)11(4,5)8(12)9(13)14-6/h8H,7,12H2,1-6H3. The Balaban J connectivity index is 4.85. The number of esters is 1. The molecule has 0 bridgehead atoms. The molecule has 1 unspecified atom stereocenters. The molecule has 84 valence electrons. The van der Waals surface area contributed by atoms with Crippen LogP contribution in [0.4, 0.5) is 0 Å². The lowest BCUT2D eigenvalue weighted by atomic mass is 9.62. The largest absolute Gasteiger partial charge is 0.468 e. The van der Waals surface area contributed by atoms with Gasteiger partial charge in [0.15, 0.2) is 0 Å². The SMILES string of the molecule is CCC(C)(C)C(C)(C)C(N)C(=O)OC. The summed E-state index contributed by atoms with van der Waals surface area (Å²) in [6.45, 7) is 10.4. The van der Waals surface area contributed by atoms with Gasteiger partial charge in [-0.15, -0.1) is 0 Å². The van der Waals surface area contributed by atoms with Gasteiger partial charge in [0.1, 0.15) is 6.04 Å². The van der Waals surface area contributed by atoms with E-state index >= 15 is 0 Å². The number of nitrogens with two attached hydrogens (primary N) is 1. The van der Waals surface area contributed by atoms with E-state index in [9.17, 15) is 4.79 Å². The van der Waals surface area contributed by atoms with E-state index in [1.165, 1.54) is 7.11 Å². The monoisotopic (exact) mass is 201 g/mol. The molecular formula is C11H23NO2. The smallest absolute Gasteiger partial charge is 0.323 e. The van der Waals surface area contributed by atoms with Gasteiger partial charge >= 0.3 is 5.97 Å². The molecule has 0 radical (unpaired) electrons. The summed E-state index contributed by atoms with van der Waals surface area (Å²) in [5, 5.41) is 0. The average Bonchev–Trinajstić information content (AvgIpc) is 2.14. The summed E-state index contributed by atoms with van der Waals surface area (Å²) in [6.07, 6.45) is 0.977. The van der Waals surface area contributed by atoms with Crippen LogP contribution in [0.3, 0.4) is 0 Å². The molecule has 0 aromatic carbocycles. The fourth-order valence-corrected chi connectivity index (χ4v) is 1.30. The molecule has 3 heteroatoms. The molecule has 0 heterocycles. The van der Waals surface area contributed by atoms with E-state index < -0.39 is 6.04 Å². The van der Waals surface area contributed by atoms with Gasteiger partial charge < -0.3 is 10.5 Å². The second-order valence-electron chi connectivity index (χ2n) is 4.96. The molecule has 0 saturated carbocycles. The average molecular weight is 201 g/mol. The third kappa shape index (κ3) is 2.27. The van der Waals surface area contributed by atoms with Crippen molar-refractivity contribution < 1.29 is 9.53 Å². The van der Waals surface area contributed by atoms with E-state index in [0.29, 0.717) is 0 Å². The number of carbonyl (C=O) groups excluding carboxylic acids is 1. The number of rotatable bonds is 4. The highest BCUT2D eigenvalue weighted by molar-refractivity contribution is 5.76. The van der Waals surface area contributed by atoms with Crippen LogP contribution >= 0.6 is 0 Å². The minimum absolute atomic E-state index is 0.0145. The lowest BCUT2D eigenvalue weighted by Gasteiger charge is -2.44. The summed E-state index contributed by atoms with van der Waals surface area (Å²) in [4.78, 5) is 11.4. The van der Waals surface area contributed by atoms with Crippen molar-refractivity contribution in [1.29, 1.82) is 0 Å². The van der Waals surface area contributed by atoms with E-state index in [0.717, 1.165) is 6.42 Å². The van der Waals surface area contributed by atoms with Gasteiger partial charge in [0, 0.05) is 0 Å². The highest BCUT2D eigenvalue weighted by atomic mass is 16.5. The minimum atomic E-state index is -0.567. The molecule has 0 fully saturated rings. The Labute approximate surface area is 87.0 Å². The Morgan fingerprint density at radius 1 is 1.36 bits per heavy atom. The fraction of sp³-hybridized carbons (Fsp3) is 0.909. The quantitative estimate of drug-likeness (QED) is 0.707. The molecule has 3 nitrogen and oxygen atoms in total. The Morgan fingerprint density at radius 3 is 2.07 bits per heavy atom. The van der Waals surface area contributed by atoms with Crippen LogP contribution in [0.1, 0.15) is 41.0 Å². The first kappa shape index (κ1) is 13.4. The van der Waals surface area contributed by atoms with Gasteiger partial charge in [-0.1, -0.05) is 41.0 Å². The van der Waals surface area contributed by atoms with Crippen molar-refractivity contribution in [3.63, 3.8) is 0 Å². The topological polar surface area (TPSA) is 52.3 Å². The maximum absolute atomic E-state index is 11.4. The van der Waals surface area contributed by atoms with Crippen molar-refractivity contribution in [2.75, 3.05) is 7.11 Å². The van der Waals surface area contributed by atoms with Crippen molar-refractivity contribution in [3.8, 4) is 0 Å². The van der Waals surface area contributed by atoms with Crippen molar-refractivity contribution in [2.24, 2.45) is 16.6 Å². The number of carbonyl (C=O) groups is 1. The van der Waals surface area contributed by atoms with Crippen LogP contribution in [-0.4, -0.2) is 19.1 Å². The summed E-state index contributed by atoms with van der Waals surface area (Å²) in [6, 6.07) is -0.567. The van der Waals surface area contributed by atoms with Crippen molar-refractivity contribution in [1.82, 2.24) is 0 Å². The van der Waals surface area contributed by atoms with Crippen LogP contribution < -0.4 is 5.73 Å². The molecular weight excluding hydrogens is 178 g/mol. The molecule has 0 aromatic rings. The third-order valence-electron chi connectivity index (χ3n) is 3.86. The maximum atomic E-state index is 11.4. The van der Waals surface area contributed by atoms with Crippen molar-refractivity contribution >= 4 is 5.97 Å². The van der Waals surface area contributed by atoms with Crippen LogP contribution in [0.5, 0.6) is 0 Å². The summed E-state index contributed by atoms with van der Waals surface area (Å²) in [5.74, 6) is -0.337. The second-order valence-corrected chi connectivity index (χ2v) is 4.96. The molecule has 0 aliphatic rings. The van der Waals surface area contributed by atoms with Gasteiger partial charge in [0.25, 0.3) is 0 Å². The molecule has 14 heavy (non-hydrogen) atoms. The van der Waals surface area contributed by atoms with E-state index in [4.69, 9.17) is 5.73 Å². The Morgan fingerprint density at radius 2 is 1.79 bits per heavy atom. The van der Waals surface area contributed by atoms with Crippen LogP contribution in [-0.2, 0) is 9.53 Å². The highest BCUT2D eigenvalue weighted by Crippen LogP contribution is 2.43. The number of methoxy groups -OCH3 is 1. The molecule has 0 amide bonds. The summed E-state index contributed by atoms with van der Waals surface area (Å²) >= 11 is 0. The van der Waals surface area contributed by atoms with E-state index in [1.54, 1.807) is 0 Å². The first-order valence-electron chi connectivity index (χ1n) is 5.04. The molecule has 0 spiro atoms. The van der Waals surface area contributed by atoms with Gasteiger partial charge in [-0.3, -0.25) is 4.79 Å². The van der Waals surface area contributed by atoms with Crippen molar-refractivity contribution in [3.05, 3.63) is 0 Å². The Hall–Kier alpha value is -0.570. The fourth-order valence-electron chi connectivity index (χ4n) is 1.30. The molecule has 0 aliphatic heterocycles. The zero-order valence-corrected chi connectivity index (χ0v) is 10.2. The van der Waals surface area contributed by atoms with Gasteiger partial charge in [0.05, 0.1) is 7.11 Å². The molecule has 1 atom stereocenters. The molecule has 0 rings (SSSR count). The number of hydrogen-bond acceptors (Lipinski definition) is 3. The Kier molecular flexibility index (Phi) is 4.13. The van der Waals surface area contributed by atoms with Gasteiger partial charge in [-0.05, 0) is 10.8 Å². The van der Waals surface area contributed by atoms with Crippen molar-refractivity contribution in [2.45, 2.75) is 47.1 Å². The molecule has 2 N–H and O–H groups in total. The first-order chi connectivity index (χ1) is 6.20.